The van der Waals surface area contributed by atoms with Gasteiger partial charge in [-0.05, 0) is 68.8 Å². The molecule has 1 rings (SSSR count). The minimum absolute atomic E-state index is 0.0477. The van der Waals surface area contributed by atoms with Gasteiger partial charge < -0.3 is 11.1 Å². The van der Waals surface area contributed by atoms with Crippen molar-refractivity contribution in [3.8, 4) is 0 Å². The van der Waals surface area contributed by atoms with Gasteiger partial charge in [-0.25, -0.2) is 0 Å². The number of aryl methyl sites for hydroxylation is 1. The Kier molecular flexibility index (Phi) is 15.1. The molecule has 196 valence electrons. The van der Waals surface area contributed by atoms with Crippen molar-refractivity contribution in [3.05, 3.63) is 81.4 Å². The first-order valence-electron chi connectivity index (χ1n) is 13.3. The second kappa shape index (κ2) is 17.4. The summed E-state index contributed by atoms with van der Waals surface area (Å²) in [4.78, 5) is 18.1. The Balaban J connectivity index is 3.49. The molecule has 0 bridgehead atoms. The van der Waals surface area contributed by atoms with Crippen molar-refractivity contribution < 1.29 is 4.79 Å². The van der Waals surface area contributed by atoms with E-state index in [1.54, 1.807) is 12.2 Å². The summed E-state index contributed by atoms with van der Waals surface area (Å²) in [5.41, 5.74) is 10.7. The van der Waals surface area contributed by atoms with E-state index in [0.29, 0.717) is 6.54 Å². The number of nitrogens with two attached hydrogens (primary N) is 1. The van der Waals surface area contributed by atoms with Gasteiger partial charge in [0.2, 0.25) is 0 Å². The van der Waals surface area contributed by atoms with Gasteiger partial charge in [0.1, 0.15) is 0 Å². The maximum Gasteiger partial charge on any atom is 0.183 e. The molecule has 0 aliphatic heterocycles. The van der Waals surface area contributed by atoms with Gasteiger partial charge in [0.25, 0.3) is 0 Å². The second-order valence-electron chi connectivity index (χ2n) is 9.23. The summed E-state index contributed by atoms with van der Waals surface area (Å²) in [6.45, 7) is 18.2. The lowest BCUT2D eigenvalue weighted by atomic mass is 9.93. The third kappa shape index (κ3) is 10.3. The van der Waals surface area contributed by atoms with Gasteiger partial charge in [0.15, 0.2) is 5.78 Å². The van der Waals surface area contributed by atoms with E-state index in [4.69, 9.17) is 10.7 Å². The van der Waals surface area contributed by atoms with Crippen LogP contribution in [0.2, 0.25) is 0 Å². The van der Waals surface area contributed by atoms with Crippen LogP contribution in [0.3, 0.4) is 0 Å². The Morgan fingerprint density at radius 2 is 1.94 bits per heavy atom. The zero-order chi connectivity index (χ0) is 26.9. The summed E-state index contributed by atoms with van der Waals surface area (Å²) >= 11 is 0. The van der Waals surface area contributed by atoms with Crippen LogP contribution in [0.4, 0.5) is 0 Å². The molecule has 0 heterocycles. The topological polar surface area (TPSA) is 67.5 Å². The predicted octanol–water partition coefficient (Wildman–Crippen LogP) is 5.66. The highest BCUT2D eigenvalue weighted by atomic mass is 16.1. The molecule has 0 saturated heterocycles. The molecule has 4 nitrogen and oxygen atoms in total. The van der Waals surface area contributed by atoms with Gasteiger partial charge in [-0.15, -0.1) is 0 Å². The fourth-order valence-corrected chi connectivity index (χ4v) is 4.01. The number of nitrogens with one attached hydrogen (secondary N) is 1. The summed E-state index contributed by atoms with van der Waals surface area (Å²) in [6.07, 6.45) is 16.0. The number of ketones is 1. The molecule has 1 atom stereocenters. The highest BCUT2D eigenvalue weighted by Gasteiger charge is 2.15. The highest BCUT2D eigenvalue weighted by Crippen LogP contribution is 2.23. The number of hydrogen-bond acceptors (Lipinski definition) is 4. The average molecular weight is 490 g/mol. The molecule has 0 radical (unpaired) electrons. The number of allylic oxidation sites excluding steroid dienone is 5. The van der Waals surface area contributed by atoms with Gasteiger partial charge >= 0.3 is 0 Å². The van der Waals surface area contributed by atoms with Crippen molar-refractivity contribution in [2.75, 3.05) is 13.1 Å². The molecule has 0 fully saturated rings. The zero-order valence-electron chi connectivity index (χ0n) is 23.4. The first kappa shape index (κ1) is 31.1. The van der Waals surface area contributed by atoms with Crippen LogP contribution in [0, 0.1) is 12.8 Å². The van der Waals surface area contributed by atoms with Gasteiger partial charge in [-0.3, -0.25) is 9.79 Å². The molecule has 0 saturated carbocycles. The molecule has 1 aromatic rings. The number of unbranched alkanes of at least 4 members (excludes halogenated alkanes) is 2. The Bertz CT molecular complexity index is 1100. The lowest BCUT2D eigenvalue weighted by Crippen LogP contribution is -2.27. The maximum absolute atomic E-state index is 13.3. The second-order valence-corrected chi connectivity index (χ2v) is 9.23. The van der Waals surface area contributed by atoms with E-state index < -0.39 is 0 Å². The van der Waals surface area contributed by atoms with Crippen LogP contribution < -0.4 is 21.5 Å². The lowest BCUT2D eigenvalue weighted by Gasteiger charge is -2.15. The average Bonchev–Trinajstić information content (AvgIpc) is 2.85. The molecular weight excluding hydrogens is 442 g/mol. The third-order valence-corrected chi connectivity index (χ3v) is 6.21. The van der Waals surface area contributed by atoms with Crippen LogP contribution in [0.1, 0.15) is 72.3 Å². The van der Waals surface area contributed by atoms with Crippen LogP contribution in [0.25, 0.3) is 12.3 Å². The minimum atomic E-state index is -0.0666. The van der Waals surface area contributed by atoms with Crippen molar-refractivity contribution in [2.24, 2.45) is 16.6 Å². The Labute approximate surface area is 219 Å². The van der Waals surface area contributed by atoms with Gasteiger partial charge in [-0.1, -0.05) is 88.6 Å². The molecule has 0 amide bonds. The van der Waals surface area contributed by atoms with Gasteiger partial charge in [-0.2, -0.15) is 0 Å². The molecule has 0 spiro atoms. The molecule has 4 heteroatoms. The van der Waals surface area contributed by atoms with Crippen molar-refractivity contribution in [1.29, 1.82) is 0 Å². The zero-order valence-corrected chi connectivity index (χ0v) is 23.4. The molecule has 0 aliphatic carbocycles. The Hall–Kier alpha value is -2.98. The molecule has 0 aliphatic rings. The molecule has 3 N–H and O–H groups in total. The third-order valence-electron chi connectivity index (χ3n) is 6.21. The van der Waals surface area contributed by atoms with E-state index in [1.165, 1.54) is 24.6 Å². The van der Waals surface area contributed by atoms with E-state index in [9.17, 15) is 4.79 Å². The number of carbonyl (C=O) groups is 1. The highest BCUT2D eigenvalue weighted by molar-refractivity contribution is 6.05. The molecular formula is C32H47N3O. The van der Waals surface area contributed by atoms with E-state index in [2.05, 4.69) is 71.6 Å². The van der Waals surface area contributed by atoms with Crippen LogP contribution in [0.5, 0.6) is 0 Å². The van der Waals surface area contributed by atoms with Crippen molar-refractivity contribution in [2.45, 2.75) is 73.6 Å². The summed E-state index contributed by atoms with van der Waals surface area (Å²) < 4.78 is 0. The summed E-state index contributed by atoms with van der Waals surface area (Å²) in [7, 11) is 0. The number of benzene rings is 1. The Morgan fingerprint density at radius 1 is 1.19 bits per heavy atom. The summed E-state index contributed by atoms with van der Waals surface area (Å²) in [5, 5.41) is 5.29. The van der Waals surface area contributed by atoms with E-state index in [0.717, 1.165) is 58.7 Å². The number of likely N-dealkylation sites (N-methyl/N-ethyl adjacent to an activating group) is 1. The first-order valence-corrected chi connectivity index (χ1v) is 13.3. The van der Waals surface area contributed by atoms with Crippen molar-refractivity contribution >= 4 is 24.3 Å². The monoisotopic (exact) mass is 489 g/mol. The quantitative estimate of drug-likeness (QED) is 0.145. The largest absolute Gasteiger partial charge is 0.405 e. The lowest BCUT2D eigenvalue weighted by molar-refractivity contribution is -0.111. The first-order chi connectivity index (χ1) is 17.3. The van der Waals surface area contributed by atoms with Gasteiger partial charge in [0, 0.05) is 29.5 Å². The standard InChI is InChI=1S/C32H47N3O/c1-8-11-12-14-25(5)30(23-34-10-3)31(36)19-17-28(15-13-20-33)27(7)32(35-21-9-2)29-18-16-24(4)22-26(29)6/h13,15-22,27,34H,6,8-12,14,23,33H2,1-5,7H3/b19-17-,20-13+,28-15+,30-25-,32-29-,35-21-. The van der Waals surface area contributed by atoms with Crippen LogP contribution in [-0.4, -0.2) is 25.1 Å². The number of nitrogens with zero attached hydrogens (tertiary/aromatic N) is 1. The molecule has 36 heavy (non-hydrogen) atoms. The number of carbonyl (C=O) groups excluding carboxylic acids is 1. The number of rotatable bonds is 15. The Morgan fingerprint density at radius 3 is 2.56 bits per heavy atom. The summed E-state index contributed by atoms with van der Waals surface area (Å²) in [5.74, 6) is -0.0188. The fourth-order valence-electron chi connectivity index (χ4n) is 4.01. The number of aliphatic imine (C=N–C) groups is 1. The van der Waals surface area contributed by atoms with Crippen LogP contribution in [-0.2, 0) is 4.79 Å². The normalized spacial score (nSPS) is 15.1. The smallest absolute Gasteiger partial charge is 0.183 e. The van der Waals surface area contributed by atoms with Crippen LogP contribution in [0.15, 0.2) is 70.4 Å². The summed E-state index contributed by atoms with van der Waals surface area (Å²) in [6, 6.07) is 6.24. The SMILES string of the molecule is C=c1cc(C)cc/c1=C(/N=C\CC)C(C)C(/C=C\C(=O)/C(CNCC)=C(/C)CCCCC)=C/C=C/N. The fraction of sp³-hybridized carbons (Fsp3) is 0.438. The van der Waals surface area contributed by atoms with Crippen LogP contribution >= 0.6 is 0 Å². The molecule has 1 aromatic carbocycles. The molecule has 0 aromatic heterocycles. The van der Waals surface area contributed by atoms with E-state index in [1.807, 2.05) is 18.4 Å². The predicted molar refractivity (Wildman–Crippen MR) is 158 cm³/mol. The van der Waals surface area contributed by atoms with Crippen molar-refractivity contribution in [3.63, 3.8) is 0 Å². The maximum atomic E-state index is 13.3. The molecule has 1 unspecified atom stereocenters. The van der Waals surface area contributed by atoms with Crippen molar-refractivity contribution in [1.82, 2.24) is 5.32 Å². The van der Waals surface area contributed by atoms with Gasteiger partial charge in [0.05, 0.1) is 5.70 Å². The van der Waals surface area contributed by atoms with E-state index in [-0.39, 0.29) is 11.7 Å². The number of hydrogen-bond donors (Lipinski definition) is 2. The minimum Gasteiger partial charge on any atom is -0.405 e. The van der Waals surface area contributed by atoms with E-state index >= 15 is 0 Å².